The molecule has 4 rings (SSSR count). The molecule has 2 aromatic heterocycles. The van der Waals surface area contributed by atoms with Crippen molar-refractivity contribution in [2.24, 2.45) is 11.3 Å². The molecule has 0 aliphatic heterocycles. The van der Waals surface area contributed by atoms with Crippen LogP contribution in [-0.4, -0.2) is 78.7 Å². The molecule has 2 fully saturated rings. The van der Waals surface area contributed by atoms with Crippen LogP contribution in [0.2, 0.25) is 5.28 Å². The van der Waals surface area contributed by atoms with Crippen LogP contribution in [0.4, 0.5) is 10.6 Å². The summed E-state index contributed by atoms with van der Waals surface area (Å²) in [6, 6.07) is 0. The van der Waals surface area contributed by atoms with Crippen LogP contribution in [0.15, 0.2) is 6.20 Å². The molecule has 35 heavy (non-hydrogen) atoms. The fourth-order valence-corrected chi connectivity index (χ4v) is 7.47. The molecule has 11 nitrogen and oxygen atoms in total. The minimum Gasteiger partial charge on any atom is -0.457 e. The Morgan fingerprint density at radius 2 is 2.06 bits per heavy atom. The summed E-state index contributed by atoms with van der Waals surface area (Å²) in [7, 11) is -2.12. The van der Waals surface area contributed by atoms with Crippen molar-refractivity contribution in [2.45, 2.75) is 31.5 Å². The molecule has 0 bridgehead atoms. The van der Waals surface area contributed by atoms with E-state index in [4.69, 9.17) is 26.6 Å². The molecule has 190 valence electrons. The van der Waals surface area contributed by atoms with Crippen molar-refractivity contribution in [3.63, 3.8) is 0 Å². The average Bonchev–Trinajstić information content (AvgIpc) is 3.26. The Morgan fingerprint density at radius 3 is 2.80 bits per heavy atom. The van der Waals surface area contributed by atoms with Gasteiger partial charge in [0, 0.05) is 41.5 Å². The van der Waals surface area contributed by atoms with E-state index in [1.807, 2.05) is 0 Å². The lowest BCUT2D eigenvalue weighted by molar-refractivity contribution is -0.109. The number of anilines is 1. The number of hydrogen-bond acceptors (Lipinski definition) is 12. The molecule has 15 heteroatoms. The third-order valence-electron chi connectivity index (χ3n) is 6.38. The van der Waals surface area contributed by atoms with Crippen molar-refractivity contribution >= 4 is 70.4 Å². The van der Waals surface area contributed by atoms with E-state index in [2.05, 4.69) is 15.0 Å². The molecule has 0 spiro atoms. The van der Waals surface area contributed by atoms with Crippen molar-refractivity contribution in [1.29, 1.82) is 0 Å². The number of halogens is 1. The second-order valence-corrected chi connectivity index (χ2v) is 12.3. The number of nitrogen functional groups attached to an aromatic ring is 1. The molecule has 6 atom stereocenters. The lowest BCUT2D eigenvalue weighted by atomic mass is 9.92. The number of H-pyrrole nitrogens is 1. The van der Waals surface area contributed by atoms with E-state index in [1.165, 1.54) is 6.92 Å². The Morgan fingerprint density at radius 1 is 1.31 bits per heavy atom. The first-order chi connectivity index (χ1) is 16.6. The number of aromatic nitrogens is 3. The number of carbonyl (C=O) groups is 2. The average molecular weight is 564 g/mol. The van der Waals surface area contributed by atoms with E-state index in [9.17, 15) is 24.4 Å². The number of aromatic amines is 1. The summed E-state index contributed by atoms with van der Waals surface area (Å²) in [6.07, 6.45) is 0.224. The van der Waals surface area contributed by atoms with Crippen LogP contribution in [0.1, 0.15) is 24.8 Å². The van der Waals surface area contributed by atoms with Crippen molar-refractivity contribution in [3.05, 3.63) is 17.0 Å². The molecule has 0 radical (unpaired) electrons. The van der Waals surface area contributed by atoms with Gasteiger partial charge in [-0.15, -0.1) is 4.52 Å². The van der Waals surface area contributed by atoms with Crippen LogP contribution in [0.5, 0.6) is 0 Å². The Hall–Kier alpha value is -1.47. The highest BCUT2D eigenvalue weighted by atomic mass is 35.5. The van der Waals surface area contributed by atoms with E-state index in [0.717, 1.165) is 23.5 Å². The number of carbonyl (C=O) groups excluding carboxylic acids is 2. The molecule has 2 aliphatic rings. The van der Waals surface area contributed by atoms with Gasteiger partial charge < -0.3 is 25.7 Å². The van der Waals surface area contributed by atoms with Gasteiger partial charge in [0.05, 0.1) is 17.7 Å². The smallest absolute Gasteiger partial charge is 0.457 e. The predicted octanol–water partition coefficient (Wildman–Crippen LogP) is 2.93. The summed E-state index contributed by atoms with van der Waals surface area (Å²) >= 11 is 7.94. The fourth-order valence-electron chi connectivity index (χ4n) is 4.80. The number of aliphatic hydroxyl groups excluding tert-OH is 2. The van der Waals surface area contributed by atoms with Gasteiger partial charge in [0.1, 0.15) is 18.7 Å². The van der Waals surface area contributed by atoms with Crippen LogP contribution in [-0.2, 0) is 18.6 Å². The maximum absolute atomic E-state index is 12.6. The van der Waals surface area contributed by atoms with Crippen LogP contribution in [0.25, 0.3) is 11.0 Å². The lowest BCUT2D eigenvalue weighted by Gasteiger charge is -2.21. The molecule has 0 amide bonds. The second-order valence-electron chi connectivity index (χ2n) is 8.46. The Balaban J connectivity index is 1.28. The van der Waals surface area contributed by atoms with Gasteiger partial charge >= 0.3 is 13.3 Å². The summed E-state index contributed by atoms with van der Waals surface area (Å²) in [6.45, 7) is 1.65. The van der Waals surface area contributed by atoms with Gasteiger partial charge in [0.2, 0.25) is 5.28 Å². The molecular formula is C20H25ClN4O7PS2+. The van der Waals surface area contributed by atoms with Gasteiger partial charge in [-0.2, -0.15) is 4.98 Å². The van der Waals surface area contributed by atoms with E-state index in [1.54, 1.807) is 6.20 Å². The Labute approximate surface area is 215 Å². The zero-order valence-corrected chi connectivity index (χ0v) is 22.0. The van der Waals surface area contributed by atoms with Crippen LogP contribution >= 0.6 is 43.2 Å². The molecule has 0 saturated heterocycles. The van der Waals surface area contributed by atoms with Crippen LogP contribution in [0, 0.1) is 11.3 Å². The molecule has 0 aromatic carbocycles. The fraction of sp³-hybridized carbons (Fsp3) is 0.600. The molecule has 1 unspecified atom stereocenters. The first kappa shape index (κ1) is 26.6. The predicted molar refractivity (Wildman–Crippen MR) is 134 cm³/mol. The number of rotatable bonds is 10. The Bertz CT molecular complexity index is 1150. The van der Waals surface area contributed by atoms with Crippen LogP contribution < -0.4 is 5.73 Å². The highest BCUT2D eigenvalue weighted by Crippen LogP contribution is 2.71. The maximum Gasteiger partial charge on any atom is 0.508 e. The van der Waals surface area contributed by atoms with Crippen molar-refractivity contribution in [1.82, 2.24) is 15.0 Å². The third kappa shape index (κ3) is 5.61. The molecule has 2 heterocycles. The molecule has 5 N–H and O–H groups in total. The van der Waals surface area contributed by atoms with Crippen molar-refractivity contribution < 1.29 is 33.6 Å². The maximum atomic E-state index is 12.6. The number of nitrogens with zero attached hydrogens (tertiary/aromatic N) is 2. The number of nitrogens with two attached hydrogens (primary N) is 1. The minimum atomic E-state index is -2.12. The quantitative estimate of drug-likeness (QED) is 0.144. The van der Waals surface area contributed by atoms with Gasteiger partial charge in [0.15, 0.2) is 17.1 Å². The van der Waals surface area contributed by atoms with E-state index < -0.39 is 36.9 Å². The summed E-state index contributed by atoms with van der Waals surface area (Å²) in [5.41, 5.74) is 6.87. The molecular weight excluding hydrogens is 539 g/mol. The zero-order valence-electron chi connectivity index (χ0n) is 18.7. The number of fused-ring (bicyclic) bond motifs is 2. The largest absolute Gasteiger partial charge is 0.508 e. The first-order valence-corrected chi connectivity index (χ1v) is 14.5. The van der Waals surface area contributed by atoms with E-state index in [0.29, 0.717) is 28.8 Å². The monoisotopic (exact) mass is 563 g/mol. The van der Waals surface area contributed by atoms with Crippen molar-refractivity contribution in [3.8, 4) is 0 Å². The number of nitrogens with one attached hydrogen (secondary N) is 1. The van der Waals surface area contributed by atoms with Gasteiger partial charge in [-0.3, -0.25) is 4.79 Å². The number of thioether (sulfide) groups is 2. The topological polar surface area (TPSA) is 178 Å². The standard InChI is InChI=1S/C20H25ClN4O7PS2/c1-9(26)34-4-2-31-19(29)35-5-3-32-33(30)8-20-6-11(20)12(15(27)16(20)28)10-7-23-14-13(10)24-18(21)25-17(14)22/h7,11-12,15-16,23,27-28H,2-6,8H2,1H3,(H2,22,24,25)/q+1/t11-,12-,15+,16+,20-/m1/s1. The highest BCUT2D eigenvalue weighted by Gasteiger charge is 2.74. The normalized spacial score (nSPS) is 27.6. The summed E-state index contributed by atoms with van der Waals surface area (Å²) < 4.78 is 23.0. The molecule has 2 saturated carbocycles. The highest BCUT2D eigenvalue weighted by molar-refractivity contribution is 8.13. The number of aliphatic hydroxyl groups is 2. The van der Waals surface area contributed by atoms with Crippen molar-refractivity contribution in [2.75, 3.05) is 36.6 Å². The number of hydrogen-bond donors (Lipinski definition) is 4. The zero-order chi connectivity index (χ0) is 25.3. The van der Waals surface area contributed by atoms with E-state index >= 15 is 0 Å². The summed E-state index contributed by atoms with van der Waals surface area (Å²) in [4.78, 5) is 33.7. The third-order valence-corrected chi connectivity index (χ3v) is 9.37. The Kier molecular flexibility index (Phi) is 8.26. The second kappa shape index (κ2) is 10.9. The van der Waals surface area contributed by atoms with Crippen LogP contribution in [0.3, 0.4) is 0 Å². The van der Waals surface area contributed by atoms with E-state index in [-0.39, 0.29) is 47.3 Å². The number of ether oxygens (including phenoxy) is 1. The van der Waals surface area contributed by atoms with Gasteiger partial charge in [-0.25, -0.2) is 9.78 Å². The summed E-state index contributed by atoms with van der Waals surface area (Å²) in [5, 5.41) is 21.1. The first-order valence-electron chi connectivity index (χ1n) is 10.8. The molecule has 2 aromatic rings. The SMILES string of the molecule is CC(=O)SCCOC(=O)SCCO[P+](=O)C[C@]12C[C@@H]1[C@@H](c1c[nH]c3c(N)nc(Cl)nc13)[C@H](O)[C@@H]2O. The lowest BCUT2D eigenvalue weighted by Crippen LogP contribution is -2.33. The molecule has 2 aliphatic carbocycles. The minimum absolute atomic E-state index is 0.0147. The van der Waals surface area contributed by atoms with Gasteiger partial charge in [0.25, 0.3) is 0 Å². The van der Waals surface area contributed by atoms with Gasteiger partial charge in [-0.05, 0) is 40.3 Å². The summed E-state index contributed by atoms with van der Waals surface area (Å²) in [5.74, 6) is 0.296. The van der Waals surface area contributed by atoms with Gasteiger partial charge in [-0.1, -0.05) is 11.8 Å².